The first-order chi connectivity index (χ1) is 21.1. The van der Waals surface area contributed by atoms with Crippen LogP contribution in [0.15, 0.2) is 97.1 Å². The zero-order valence-corrected chi connectivity index (χ0v) is 23.3. The second-order valence-electron chi connectivity index (χ2n) is 10.8. The highest BCUT2D eigenvalue weighted by Gasteiger charge is 2.23. The molecule has 4 aromatic carbocycles. The van der Waals surface area contributed by atoms with E-state index < -0.39 is 0 Å². The monoisotopic (exact) mass is 557 g/mol. The van der Waals surface area contributed by atoms with Crippen LogP contribution in [0.4, 0.5) is 0 Å². The van der Waals surface area contributed by atoms with Crippen molar-refractivity contribution in [2.75, 3.05) is 19.1 Å². The van der Waals surface area contributed by atoms with Gasteiger partial charge in [0, 0.05) is 57.9 Å². The number of hydrogen-bond donors (Lipinski definition) is 1. The number of aromatic nitrogens is 8. The van der Waals surface area contributed by atoms with Crippen LogP contribution in [0.3, 0.4) is 0 Å². The van der Waals surface area contributed by atoms with E-state index in [0.29, 0.717) is 34.6 Å². The summed E-state index contributed by atoms with van der Waals surface area (Å²) < 4.78 is 2.02. The van der Waals surface area contributed by atoms with Crippen LogP contribution in [-0.4, -0.2) is 53.7 Å². The molecule has 0 saturated carbocycles. The highest BCUT2D eigenvalue weighted by molar-refractivity contribution is 6.07. The number of nitrogens with zero attached hydrogens (tertiary/aromatic N) is 8. The highest BCUT2D eigenvalue weighted by Crippen LogP contribution is 2.37. The first-order valence-electron chi connectivity index (χ1n) is 14.0. The summed E-state index contributed by atoms with van der Waals surface area (Å²) in [5, 5.41) is 5.82. The molecule has 7 aromatic rings. The molecule has 0 unspecified atom stereocenters. The summed E-state index contributed by atoms with van der Waals surface area (Å²) in [5.41, 5.74) is 6.52. The molecule has 0 saturated heterocycles. The summed E-state index contributed by atoms with van der Waals surface area (Å²) in [6.07, 6.45) is 0. The first kappa shape index (κ1) is 23.7. The van der Waals surface area contributed by atoms with Gasteiger partial charge in [0.1, 0.15) is 11.3 Å². The van der Waals surface area contributed by atoms with Gasteiger partial charge >= 0.3 is 0 Å². The molecule has 0 amide bonds. The maximum Gasteiger partial charge on any atom is 0.164 e. The molecule has 204 valence electrons. The van der Waals surface area contributed by atoms with Gasteiger partial charge < -0.3 is 9.99 Å². The number of H-pyrrole nitrogens is 1. The Morgan fingerprint density at radius 1 is 0.442 bits per heavy atom. The Kier molecular flexibility index (Phi) is 4.84. The molecule has 0 spiro atoms. The van der Waals surface area contributed by atoms with E-state index in [2.05, 4.69) is 17.1 Å². The van der Waals surface area contributed by atoms with Gasteiger partial charge in [-0.2, -0.15) is 0 Å². The number of hydrogen-bond acceptors (Lipinski definition) is 7. The van der Waals surface area contributed by atoms with E-state index in [0.717, 1.165) is 55.1 Å². The molecule has 9 heteroatoms. The zero-order valence-electron chi connectivity index (χ0n) is 23.3. The molecule has 0 fully saturated rings. The normalized spacial score (nSPS) is 12.0. The topological polar surface area (TPSA) is 101 Å². The quantitative estimate of drug-likeness (QED) is 0.245. The molecule has 9 nitrogen and oxygen atoms in total. The van der Waals surface area contributed by atoms with Crippen molar-refractivity contribution in [2.45, 2.75) is 0 Å². The van der Waals surface area contributed by atoms with Crippen molar-refractivity contribution >= 4 is 44.1 Å². The predicted octanol–water partition coefficient (Wildman–Crippen LogP) is 6.54. The van der Waals surface area contributed by atoms with Crippen LogP contribution in [0.5, 0.6) is 0 Å². The summed E-state index contributed by atoms with van der Waals surface area (Å²) in [7, 11) is 3.97. The van der Waals surface area contributed by atoms with Crippen LogP contribution in [0.1, 0.15) is 0 Å². The average molecular weight is 558 g/mol. The van der Waals surface area contributed by atoms with Gasteiger partial charge in [-0.25, -0.2) is 34.6 Å². The first-order valence-corrected chi connectivity index (χ1v) is 14.0. The van der Waals surface area contributed by atoms with Crippen LogP contribution in [-0.2, 0) is 0 Å². The molecule has 0 radical (unpaired) electrons. The second kappa shape index (κ2) is 8.77. The Morgan fingerprint density at radius 3 is 1.19 bits per heavy atom. The maximum atomic E-state index is 5.21. The molecule has 9 rings (SSSR count). The Bertz CT molecular complexity index is 2290. The largest absolute Gasteiger partial charge is 0.324 e. The van der Waals surface area contributed by atoms with Gasteiger partial charge in [0.05, 0.1) is 0 Å². The third-order valence-corrected chi connectivity index (χ3v) is 7.98. The van der Waals surface area contributed by atoms with Crippen LogP contribution < -0.4 is 5.01 Å². The van der Waals surface area contributed by atoms with Gasteiger partial charge in [-0.3, -0.25) is 0 Å². The molecule has 2 aliphatic rings. The van der Waals surface area contributed by atoms with E-state index in [4.69, 9.17) is 29.9 Å². The summed E-state index contributed by atoms with van der Waals surface area (Å²) in [6.45, 7) is 0. The second-order valence-corrected chi connectivity index (χ2v) is 10.8. The van der Waals surface area contributed by atoms with Gasteiger partial charge in [0.25, 0.3) is 0 Å². The van der Waals surface area contributed by atoms with Crippen molar-refractivity contribution < 1.29 is 0 Å². The number of benzene rings is 4. The van der Waals surface area contributed by atoms with Gasteiger partial charge in [-0.05, 0) is 0 Å². The van der Waals surface area contributed by atoms with E-state index in [1.807, 2.05) is 109 Å². The van der Waals surface area contributed by atoms with E-state index in [1.54, 1.807) is 0 Å². The van der Waals surface area contributed by atoms with E-state index in [-0.39, 0.29) is 0 Å². The lowest BCUT2D eigenvalue weighted by molar-refractivity contribution is 0.771. The molecule has 3 aromatic heterocycles. The van der Waals surface area contributed by atoms with Crippen LogP contribution in [0, 0.1) is 0 Å². The van der Waals surface area contributed by atoms with Crippen molar-refractivity contribution in [2.24, 2.45) is 0 Å². The fraction of sp³-hybridized carbons (Fsp3) is 0.0588. The summed E-state index contributed by atoms with van der Waals surface area (Å²) in [6, 6.07) is 32.4. The molecular weight excluding hydrogens is 534 g/mol. The lowest BCUT2D eigenvalue weighted by Gasteiger charge is -2.15. The number of nitrogens with one attached hydrogen (secondary N) is 1. The van der Waals surface area contributed by atoms with E-state index >= 15 is 0 Å². The minimum Gasteiger partial charge on any atom is -0.324 e. The van der Waals surface area contributed by atoms with Gasteiger partial charge in [-0.1, -0.05) is 97.1 Å². The number of fused-ring (bicyclic) bond motifs is 20. The Hall–Kier alpha value is -5.96. The molecular formula is C34H23N9. The van der Waals surface area contributed by atoms with Crippen LogP contribution >= 0.6 is 0 Å². The molecule has 1 N–H and O–H groups in total. The summed E-state index contributed by atoms with van der Waals surface area (Å²) >= 11 is 0. The molecule has 0 atom stereocenters. The predicted molar refractivity (Wildman–Crippen MR) is 170 cm³/mol. The maximum absolute atomic E-state index is 5.21. The van der Waals surface area contributed by atoms with Gasteiger partial charge in [0.15, 0.2) is 34.6 Å². The molecule has 5 heterocycles. The fourth-order valence-electron chi connectivity index (χ4n) is 6.06. The van der Waals surface area contributed by atoms with Crippen molar-refractivity contribution in [3.05, 3.63) is 97.1 Å². The number of rotatable bonds is 1. The van der Waals surface area contributed by atoms with E-state index in [9.17, 15) is 0 Å². The fourth-order valence-corrected chi connectivity index (χ4v) is 6.06. The molecule has 43 heavy (non-hydrogen) atoms. The van der Waals surface area contributed by atoms with E-state index in [1.165, 1.54) is 0 Å². The smallest absolute Gasteiger partial charge is 0.164 e. The highest BCUT2D eigenvalue weighted by atomic mass is 15.5. The van der Waals surface area contributed by atoms with Gasteiger partial charge in [-0.15, -0.1) is 0 Å². The lowest BCUT2D eigenvalue weighted by atomic mass is 10.1. The minimum absolute atomic E-state index is 0.594. The molecule has 8 bridgehead atoms. The number of aromatic amines is 1. The third kappa shape index (κ3) is 3.45. The Labute approximate surface area is 245 Å². The Balaban J connectivity index is 1.55. The standard InChI is InChI=1S/C34H23N9/c1-42(2)43-33-25-17-9-10-18-26(25)34(43)41-32-24-16-8-6-14-22(24)30(39-32)37-28-20-12-4-3-11-19(20)27(35-28)36-29-21-13-5-7-15-23(21)31(38-29)40-33/h3-18H,1-2H3,(H,35,36,37,38,39,40,41). The zero-order chi connectivity index (χ0) is 28.7. The van der Waals surface area contributed by atoms with Crippen molar-refractivity contribution in [1.29, 1.82) is 0 Å². The van der Waals surface area contributed by atoms with Crippen molar-refractivity contribution in [1.82, 2.24) is 39.6 Å². The van der Waals surface area contributed by atoms with Gasteiger partial charge in [0.2, 0.25) is 0 Å². The summed E-state index contributed by atoms with van der Waals surface area (Å²) in [4.78, 5) is 34.0. The Morgan fingerprint density at radius 2 is 0.791 bits per heavy atom. The van der Waals surface area contributed by atoms with Crippen LogP contribution in [0.2, 0.25) is 0 Å². The summed E-state index contributed by atoms with van der Waals surface area (Å²) in [5.74, 6) is 2.38. The lowest BCUT2D eigenvalue weighted by Crippen LogP contribution is -2.25. The SMILES string of the molecule is CN(C)n1c2nc3nc(nc4[nH]c(nc5nc(nc1c1ccccc12)-c1ccccc1-5)c1ccccc41)-c1ccccc1-3. The van der Waals surface area contributed by atoms with Crippen LogP contribution in [0.25, 0.3) is 89.7 Å². The molecule has 0 aliphatic carbocycles. The average Bonchev–Trinajstić information content (AvgIpc) is 3.75. The minimum atomic E-state index is 0.594. The van der Waals surface area contributed by atoms with Crippen molar-refractivity contribution in [3.8, 4) is 45.6 Å². The van der Waals surface area contributed by atoms with Crippen molar-refractivity contribution in [3.63, 3.8) is 0 Å². The molecule has 2 aliphatic heterocycles. The third-order valence-electron chi connectivity index (χ3n) is 7.98.